The Labute approximate surface area is 74.1 Å². The summed E-state index contributed by atoms with van der Waals surface area (Å²) in [5.41, 5.74) is -2.20. The summed E-state index contributed by atoms with van der Waals surface area (Å²) < 4.78 is 42.2. The lowest BCUT2D eigenvalue weighted by Gasteiger charge is -2.29. The van der Waals surface area contributed by atoms with Crippen LogP contribution in [0.3, 0.4) is 0 Å². The van der Waals surface area contributed by atoms with Crippen molar-refractivity contribution < 1.29 is 22.7 Å². The van der Waals surface area contributed by atoms with Crippen molar-refractivity contribution in [2.75, 3.05) is 6.61 Å². The molecule has 0 aromatic heterocycles. The molecule has 2 nitrogen and oxygen atoms in total. The molecule has 5 heteroatoms. The van der Waals surface area contributed by atoms with E-state index in [4.69, 9.17) is 0 Å². The number of carbonyl (C=O) groups is 1. The smallest absolute Gasteiger partial charge is 0.365 e. The molecule has 1 unspecified atom stereocenters. The lowest BCUT2D eigenvalue weighted by molar-refractivity contribution is -0.262. The van der Waals surface area contributed by atoms with E-state index in [1.807, 2.05) is 0 Å². The third kappa shape index (κ3) is 2.02. The molecule has 0 radical (unpaired) electrons. The van der Waals surface area contributed by atoms with Crippen LogP contribution in [0, 0.1) is 0 Å². The maximum absolute atomic E-state index is 12.5. The van der Waals surface area contributed by atoms with Crippen LogP contribution in [0.15, 0.2) is 0 Å². The maximum Gasteiger partial charge on any atom is 0.417 e. The molecular formula is C8H11F3O2. The molecule has 0 amide bonds. The molecule has 0 aromatic rings. The van der Waals surface area contributed by atoms with Gasteiger partial charge in [-0.15, -0.1) is 0 Å². The number of ether oxygens (including phenoxy) is 1. The second-order valence-corrected chi connectivity index (χ2v) is 3.32. The summed E-state index contributed by atoms with van der Waals surface area (Å²) in [6.45, 7) is 1.24. The Morgan fingerprint density at radius 1 is 1.54 bits per heavy atom. The van der Waals surface area contributed by atoms with Gasteiger partial charge in [-0.2, -0.15) is 13.2 Å². The van der Waals surface area contributed by atoms with Gasteiger partial charge in [0.25, 0.3) is 0 Å². The standard InChI is InChI=1S/C8H11F3O2/c1-6(12)5-7(8(9,10)11)3-2-4-13-7/h2-5H2,1H3. The van der Waals surface area contributed by atoms with E-state index in [2.05, 4.69) is 4.74 Å². The molecule has 1 atom stereocenters. The predicted octanol–water partition coefficient (Wildman–Crippen LogP) is 2.08. The van der Waals surface area contributed by atoms with E-state index in [1.54, 1.807) is 0 Å². The number of hydrogen-bond acceptors (Lipinski definition) is 2. The third-order valence-corrected chi connectivity index (χ3v) is 2.15. The number of alkyl halides is 3. The Morgan fingerprint density at radius 3 is 2.46 bits per heavy atom. The van der Waals surface area contributed by atoms with Gasteiger partial charge in [0.05, 0.1) is 0 Å². The Morgan fingerprint density at radius 2 is 2.15 bits per heavy atom. The van der Waals surface area contributed by atoms with Gasteiger partial charge >= 0.3 is 6.18 Å². The first-order chi connectivity index (χ1) is 5.87. The Bertz CT molecular complexity index is 204. The second-order valence-electron chi connectivity index (χ2n) is 3.32. The third-order valence-electron chi connectivity index (χ3n) is 2.15. The molecule has 0 aliphatic carbocycles. The summed E-state index contributed by atoms with van der Waals surface area (Å²) in [5, 5.41) is 0. The van der Waals surface area contributed by atoms with E-state index in [0.717, 1.165) is 6.92 Å². The lowest BCUT2D eigenvalue weighted by Crippen LogP contribution is -2.45. The average Bonchev–Trinajstić information content (AvgIpc) is 2.33. The van der Waals surface area contributed by atoms with Gasteiger partial charge in [-0.1, -0.05) is 0 Å². The highest BCUT2D eigenvalue weighted by Crippen LogP contribution is 2.43. The SMILES string of the molecule is CC(=O)CC1(C(F)(F)F)CCCO1. The fourth-order valence-electron chi connectivity index (χ4n) is 1.56. The van der Waals surface area contributed by atoms with Gasteiger partial charge in [0, 0.05) is 13.0 Å². The van der Waals surface area contributed by atoms with Crippen molar-refractivity contribution in [2.24, 2.45) is 0 Å². The van der Waals surface area contributed by atoms with Crippen molar-refractivity contribution in [3.05, 3.63) is 0 Å². The number of Topliss-reactive ketones (excluding diaryl/α,β-unsaturated/α-hetero) is 1. The fraction of sp³-hybridized carbons (Fsp3) is 0.875. The highest BCUT2D eigenvalue weighted by atomic mass is 19.4. The number of rotatable bonds is 2. The minimum atomic E-state index is -4.44. The topological polar surface area (TPSA) is 26.3 Å². The van der Waals surface area contributed by atoms with Crippen LogP contribution in [0.4, 0.5) is 13.2 Å². The fourth-order valence-corrected chi connectivity index (χ4v) is 1.56. The van der Waals surface area contributed by atoms with Crippen LogP contribution in [-0.4, -0.2) is 24.2 Å². The molecule has 1 rings (SSSR count). The van der Waals surface area contributed by atoms with Gasteiger partial charge in [-0.05, 0) is 19.8 Å². The normalized spacial score (nSPS) is 29.2. The monoisotopic (exact) mass is 196 g/mol. The van der Waals surface area contributed by atoms with Crippen LogP contribution in [0.2, 0.25) is 0 Å². The van der Waals surface area contributed by atoms with Gasteiger partial charge in [0.15, 0.2) is 5.60 Å². The minimum absolute atomic E-state index is 0.0901. The van der Waals surface area contributed by atoms with Gasteiger partial charge in [0.1, 0.15) is 5.78 Å². The Balaban J connectivity index is 2.81. The largest absolute Gasteiger partial charge is 0.417 e. The molecule has 0 bridgehead atoms. The first-order valence-corrected chi connectivity index (χ1v) is 4.07. The van der Waals surface area contributed by atoms with Crippen molar-refractivity contribution in [3.63, 3.8) is 0 Å². The highest BCUT2D eigenvalue weighted by Gasteiger charge is 2.58. The highest BCUT2D eigenvalue weighted by molar-refractivity contribution is 5.76. The summed E-state index contributed by atoms with van der Waals surface area (Å²) in [5.74, 6) is -0.487. The Kier molecular flexibility index (Phi) is 2.66. The molecule has 1 aliphatic rings. The van der Waals surface area contributed by atoms with Crippen molar-refractivity contribution in [1.82, 2.24) is 0 Å². The molecule has 0 N–H and O–H groups in total. The van der Waals surface area contributed by atoms with E-state index >= 15 is 0 Å². The zero-order valence-electron chi connectivity index (χ0n) is 7.28. The van der Waals surface area contributed by atoms with Gasteiger partial charge in [0.2, 0.25) is 0 Å². The number of carbonyl (C=O) groups excluding carboxylic acids is 1. The molecule has 1 aliphatic heterocycles. The van der Waals surface area contributed by atoms with Crippen LogP contribution < -0.4 is 0 Å². The van der Waals surface area contributed by atoms with E-state index in [0.29, 0.717) is 6.42 Å². The van der Waals surface area contributed by atoms with Gasteiger partial charge in [-0.25, -0.2) is 0 Å². The van der Waals surface area contributed by atoms with E-state index in [1.165, 1.54) is 0 Å². The summed E-state index contributed by atoms with van der Waals surface area (Å²) >= 11 is 0. The molecule has 1 saturated heterocycles. The summed E-state index contributed by atoms with van der Waals surface area (Å²) in [6.07, 6.45) is -4.73. The molecule has 13 heavy (non-hydrogen) atoms. The van der Waals surface area contributed by atoms with Crippen LogP contribution in [0.25, 0.3) is 0 Å². The van der Waals surface area contributed by atoms with Crippen LogP contribution >= 0.6 is 0 Å². The van der Waals surface area contributed by atoms with Gasteiger partial charge < -0.3 is 4.74 Å². The summed E-state index contributed by atoms with van der Waals surface area (Å²) in [4.78, 5) is 10.7. The number of hydrogen-bond donors (Lipinski definition) is 0. The van der Waals surface area contributed by atoms with Crippen LogP contribution in [0.1, 0.15) is 26.2 Å². The maximum atomic E-state index is 12.5. The quantitative estimate of drug-likeness (QED) is 0.675. The summed E-state index contributed by atoms with van der Waals surface area (Å²) in [6, 6.07) is 0. The molecule has 0 aromatic carbocycles. The molecule has 0 spiro atoms. The van der Waals surface area contributed by atoms with Crippen LogP contribution in [0.5, 0.6) is 0 Å². The number of ketones is 1. The summed E-state index contributed by atoms with van der Waals surface area (Å²) in [7, 11) is 0. The minimum Gasteiger partial charge on any atom is -0.365 e. The lowest BCUT2D eigenvalue weighted by atomic mass is 9.93. The molecule has 76 valence electrons. The van der Waals surface area contributed by atoms with Crippen molar-refractivity contribution in [3.8, 4) is 0 Å². The first-order valence-electron chi connectivity index (χ1n) is 4.07. The Hall–Kier alpha value is -0.580. The van der Waals surface area contributed by atoms with Gasteiger partial charge in [-0.3, -0.25) is 4.79 Å². The average molecular weight is 196 g/mol. The van der Waals surface area contributed by atoms with E-state index < -0.39 is 24.0 Å². The van der Waals surface area contributed by atoms with E-state index in [9.17, 15) is 18.0 Å². The predicted molar refractivity (Wildman–Crippen MR) is 39.3 cm³/mol. The zero-order valence-corrected chi connectivity index (χ0v) is 7.28. The van der Waals surface area contributed by atoms with Crippen LogP contribution in [-0.2, 0) is 9.53 Å². The first kappa shape index (κ1) is 10.5. The molecule has 1 heterocycles. The molecular weight excluding hydrogens is 185 g/mol. The molecule has 0 saturated carbocycles. The van der Waals surface area contributed by atoms with E-state index in [-0.39, 0.29) is 13.0 Å². The van der Waals surface area contributed by atoms with Crippen molar-refractivity contribution in [1.29, 1.82) is 0 Å². The van der Waals surface area contributed by atoms with Crippen molar-refractivity contribution >= 4 is 5.78 Å². The zero-order chi connectivity index (χ0) is 10.1. The molecule has 1 fully saturated rings. The number of halogens is 3. The van der Waals surface area contributed by atoms with Crippen molar-refractivity contribution in [2.45, 2.75) is 38.0 Å². The second kappa shape index (κ2) is 3.29.